The van der Waals surface area contributed by atoms with Gasteiger partial charge in [-0.2, -0.15) is 0 Å². The number of benzene rings is 1. The monoisotopic (exact) mass is 275 g/mol. The van der Waals surface area contributed by atoms with Crippen molar-refractivity contribution in [3.63, 3.8) is 0 Å². The lowest BCUT2D eigenvalue weighted by Gasteiger charge is -2.33. The summed E-state index contributed by atoms with van der Waals surface area (Å²) in [6.07, 6.45) is 1.75. The van der Waals surface area contributed by atoms with Gasteiger partial charge in [0.2, 0.25) is 0 Å². The van der Waals surface area contributed by atoms with Crippen LogP contribution in [0.4, 0.5) is 5.69 Å². The minimum absolute atomic E-state index is 0.0213. The first kappa shape index (κ1) is 14.6. The van der Waals surface area contributed by atoms with Crippen molar-refractivity contribution >= 4 is 17.4 Å². The van der Waals surface area contributed by atoms with Crippen LogP contribution in [0.1, 0.15) is 50.4 Å². The Morgan fingerprint density at radius 3 is 2.70 bits per heavy atom. The minimum atomic E-state index is -0.495. The first-order valence-corrected chi connectivity index (χ1v) is 7.23. The number of ketones is 1. The molecule has 4 nitrogen and oxygen atoms in total. The fourth-order valence-electron chi connectivity index (χ4n) is 2.41. The molecule has 1 unspecified atom stereocenters. The zero-order valence-electron chi connectivity index (χ0n) is 12.3. The van der Waals surface area contributed by atoms with Gasteiger partial charge in [0, 0.05) is 18.5 Å². The molecule has 4 heteroatoms. The molecule has 0 fully saturated rings. The van der Waals surface area contributed by atoms with Gasteiger partial charge in [0.25, 0.3) is 5.91 Å². The topological polar surface area (TPSA) is 46.6 Å². The summed E-state index contributed by atoms with van der Waals surface area (Å²) in [5.41, 5.74) is 1.42. The van der Waals surface area contributed by atoms with E-state index in [0.29, 0.717) is 24.3 Å². The zero-order valence-corrected chi connectivity index (χ0v) is 12.3. The molecule has 20 heavy (non-hydrogen) atoms. The molecule has 0 saturated carbocycles. The average Bonchev–Trinajstić information content (AvgIpc) is 2.43. The lowest BCUT2D eigenvalue weighted by molar-refractivity contribution is -0.125. The summed E-state index contributed by atoms with van der Waals surface area (Å²) in [5, 5.41) is 0. The van der Waals surface area contributed by atoms with Crippen LogP contribution >= 0.6 is 0 Å². The number of anilines is 1. The molecule has 0 aliphatic carbocycles. The van der Waals surface area contributed by atoms with E-state index >= 15 is 0 Å². The number of rotatable bonds is 5. The minimum Gasteiger partial charge on any atom is -0.479 e. The highest BCUT2D eigenvalue weighted by molar-refractivity contribution is 6.02. The average molecular weight is 275 g/mol. The van der Waals surface area contributed by atoms with Crippen LogP contribution in [-0.2, 0) is 4.79 Å². The van der Waals surface area contributed by atoms with Gasteiger partial charge in [0.15, 0.2) is 11.9 Å². The number of nitrogens with zero attached hydrogens (tertiary/aromatic N) is 1. The Morgan fingerprint density at radius 1 is 1.30 bits per heavy atom. The second-order valence-electron chi connectivity index (χ2n) is 5.11. The molecule has 1 amide bonds. The molecule has 0 N–H and O–H groups in total. The Hall–Kier alpha value is -1.84. The summed E-state index contributed by atoms with van der Waals surface area (Å²) in [7, 11) is 0. The van der Waals surface area contributed by atoms with E-state index in [0.717, 1.165) is 18.5 Å². The van der Waals surface area contributed by atoms with Gasteiger partial charge in [-0.25, -0.2) is 0 Å². The van der Waals surface area contributed by atoms with Crippen molar-refractivity contribution in [3.8, 4) is 5.75 Å². The van der Waals surface area contributed by atoms with Crippen LogP contribution in [0.3, 0.4) is 0 Å². The molecular weight excluding hydrogens is 254 g/mol. The second kappa shape index (κ2) is 6.07. The van der Waals surface area contributed by atoms with Gasteiger partial charge in [-0.05, 0) is 38.0 Å². The van der Waals surface area contributed by atoms with Crippen LogP contribution < -0.4 is 9.64 Å². The van der Waals surface area contributed by atoms with Gasteiger partial charge in [0.1, 0.15) is 5.75 Å². The van der Waals surface area contributed by atoms with Crippen LogP contribution in [0.2, 0.25) is 0 Å². The molecule has 1 aromatic rings. The molecule has 2 rings (SSSR count). The van der Waals surface area contributed by atoms with Crippen molar-refractivity contribution in [2.24, 2.45) is 0 Å². The Labute approximate surface area is 119 Å². The van der Waals surface area contributed by atoms with Gasteiger partial charge < -0.3 is 9.64 Å². The van der Waals surface area contributed by atoms with Crippen LogP contribution in [-0.4, -0.2) is 24.3 Å². The molecule has 0 spiro atoms. The fraction of sp³-hybridized carbons (Fsp3) is 0.500. The van der Waals surface area contributed by atoms with Crippen molar-refractivity contribution < 1.29 is 14.3 Å². The summed E-state index contributed by atoms with van der Waals surface area (Å²) in [5.74, 6) is 0.727. The number of ether oxygens (including phenoxy) is 1. The second-order valence-corrected chi connectivity index (χ2v) is 5.11. The molecule has 1 aliphatic rings. The molecule has 1 aromatic carbocycles. The quantitative estimate of drug-likeness (QED) is 0.775. The highest BCUT2D eigenvalue weighted by atomic mass is 16.5. The predicted molar refractivity (Wildman–Crippen MR) is 78.4 cm³/mol. The van der Waals surface area contributed by atoms with Crippen molar-refractivity contribution in [1.29, 1.82) is 0 Å². The lowest BCUT2D eigenvalue weighted by Crippen LogP contribution is -2.44. The summed E-state index contributed by atoms with van der Waals surface area (Å²) >= 11 is 0. The van der Waals surface area contributed by atoms with E-state index in [4.69, 9.17) is 4.74 Å². The smallest absolute Gasteiger partial charge is 0.267 e. The standard InChI is InChI=1S/C16H21NO3/c1-4-6-14(18)12-7-8-13-15(10-12)20-11(3)16(19)17(13)9-5-2/h7-8,10-11H,4-6,9H2,1-3H3. The maximum Gasteiger partial charge on any atom is 0.267 e. The highest BCUT2D eigenvalue weighted by Crippen LogP contribution is 2.35. The van der Waals surface area contributed by atoms with Crippen LogP contribution in [0, 0.1) is 0 Å². The van der Waals surface area contributed by atoms with Gasteiger partial charge in [-0.15, -0.1) is 0 Å². The van der Waals surface area contributed by atoms with E-state index in [1.807, 2.05) is 19.9 Å². The molecule has 108 valence electrons. The third-order valence-electron chi connectivity index (χ3n) is 3.41. The van der Waals surface area contributed by atoms with Gasteiger partial charge in [-0.3, -0.25) is 9.59 Å². The Balaban J connectivity index is 2.36. The van der Waals surface area contributed by atoms with Crippen LogP contribution in [0.5, 0.6) is 5.75 Å². The third kappa shape index (κ3) is 2.69. The molecular formula is C16H21NO3. The first-order chi connectivity index (χ1) is 9.58. The van der Waals surface area contributed by atoms with Gasteiger partial charge in [-0.1, -0.05) is 13.8 Å². The highest BCUT2D eigenvalue weighted by Gasteiger charge is 2.31. The van der Waals surface area contributed by atoms with Gasteiger partial charge >= 0.3 is 0 Å². The van der Waals surface area contributed by atoms with Gasteiger partial charge in [0.05, 0.1) is 5.69 Å². The number of hydrogen-bond donors (Lipinski definition) is 0. The molecule has 0 bridgehead atoms. The third-order valence-corrected chi connectivity index (χ3v) is 3.41. The van der Waals surface area contributed by atoms with Crippen molar-refractivity contribution in [1.82, 2.24) is 0 Å². The van der Waals surface area contributed by atoms with Crippen molar-refractivity contribution in [2.45, 2.75) is 46.1 Å². The van der Waals surface area contributed by atoms with E-state index < -0.39 is 6.10 Å². The fourth-order valence-corrected chi connectivity index (χ4v) is 2.41. The van der Waals surface area contributed by atoms with Crippen molar-refractivity contribution in [2.75, 3.05) is 11.4 Å². The maximum atomic E-state index is 12.1. The maximum absolute atomic E-state index is 12.1. The molecule has 1 atom stereocenters. The van der Waals surface area contributed by atoms with E-state index in [1.165, 1.54) is 0 Å². The number of carbonyl (C=O) groups excluding carboxylic acids is 2. The Morgan fingerprint density at radius 2 is 2.05 bits per heavy atom. The lowest BCUT2D eigenvalue weighted by atomic mass is 10.0. The van der Waals surface area contributed by atoms with Crippen molar-refractivity contribution in [3.05, 3.63) is 23.8 Å². The van der Waals surface area contributed by atoms with Crippen LogP contribution in [0.25, 0.3) is 0 Å². The van der Waals surface area contributed by atoms with E-state index in [9.17, 15) is 9.59 Å². The Kier molecular flexibility index (Phi) is 4.42. The molecule has 0 saturated heterocycles. The number of Topliss-reactive ketones (excluding diaryl/α,β-unsaturated/α-hetero) is 1. The summed E-state index contributed by atoms with van der Waals surface area (Å²) < 4.78 is 5.65. The number of fused-ring (bicyclic) bond motifs is 1. The molecule has 1 aliphatic heterocycles. The molecule has 0 radical (unpaired) electrons. The zero-order chi connectivity index (χ0) is 14.7. The number of carbonyl (C=O) groups is 2. The SMILES string of the molecule is CCCC(=O)c1ccc2c(c1)OC(C)C(=O)N2CCC. The first-order valence-electron chi connectivity index (χ1n) is 7.23. The summed E-state index contributed by atoms with van der Waals surface area (Å²) in [4.78, 5) is 25.8. The summed E-state index contributed by atoms with van der Waals surface area (Å²) in [6, 6.07) is 5.36. The number of hydrogen-bond acceptors (Lipinski definition) is 3. The van der Waals surface area contributed by atoms with E-state index in [2.05, 4.69) is 0 Å². The Bertz CT molecular complexity index is 524. The van der Waals surface area contributed by atoms with Crippen LogP contribution in [0.15, 0.2) is 18.2 Å². The largest absolute Gasteiger partial charge is 0.479 e. The summed E-state index contributed by atoms with van der Waals surface area (Å²) in [6.45, 7) is 6.43. The molecule has 1 heterocycles. The van der Waals surface area contributed by atoms with E-state index in [-0.39, 0.29) is 11.7 Å². The predicted octanol–water partition coefficient (Wildman–Crippen LogP) is 3.19. The molecule has 0 aromatic heterocycles. The number of amides is 1. The normalized spacial score (nSPS) is 17.6. The van der Waals surface area contributed by atoms with E-state index in [1.54, 1.807) is 24.0 Å².